The molecule has 0 heterocycles. The average molecular weight is 532 g/mol. The molecule has 0 saturated heterocycles. The first-order valence-corrected chi connectivity index (χ1v) is 9.45. The maximum absolute atomic E-state index is 5.16. The van der Waals surface area contributed by atoms with E-state index in [1.165, 1.54) is 20.1 Å². The summed E-state index contributed by atoms with van der Waals surface area (Å²) in [5, 5.41) is 0. The Morgan fingerprint density at radius 3 is 1.29 bits per heavy atom. The molecule has 0 unspecified atom stereocenters. The normalized spacial score (nSPS) is 9.24. The van der Waals surface area contributed by atoms with Gasteiger partial charge in [-0.15, -0.1) is 34.0 Å². The topological polar surface area (TPSA) is 18.5 Å². The predicted octanol–water partition coefficient (Wildman–Crippen LogP) is 4.26. The van der Waals surface area contributed by atoms with Gasteiger partial charge in [0, 0.05) is 0 Å². The van der Waals surface area contributed by atoms with Crippen molar-refractivity contribution in [3.8, 4) is 11.5 Å². The molecule has 0 aliphatic carbocycles. The number of methoxy groups -OCH3 is 2. The third kappa shape index (κ3) is 7.06. The van der Waals surface area contributed by atoms with E-state index in [-0.39, 0.29) is 54.9 Å². The van der Waals surface area contributed by atoms with Crippen molar-refractivity contribution in [3.63, 3.8) is 0 Å². The molecule has 2 aromatic rings. The summed E-state index contributed by atoms with van der Waals surface area (Å²) in [4.78, 5) is 0. The second kappa shape index (κ2) is 11.4. The maximum atomic E-state index is 5.16. The van der Waals surface area contributed by atoms with Gasteiger partial charge in [0.15, 0.2) is 0 Å². The van der Waals surface area contributed by atoms with E-state index in [0.717, 1.165) is 11.5 Å². The number of hydrogen-bond acceptors (Lipinski definition) is 2. The second-order valence-corrected chi connectivity index (χ2v) is 7.00. The van der Waals surface area contributed by atoms with Crippen molar-refractivity contribution in [1.82, 2.24) is 0 Å². The first-order chi connectivity index (χ1) is 9.31. The van der Waals surface area contributed by atoms with Crippen LogP contribution >= 0.6 is 34.0 Å². The molecule has 1 radical (unpaired) electrons. The zero-order valence-electron chi connectivity index (χ0n) is 12.1. The van der Waals surface area contributed by atoms with Crippen molar-refractivity contribution in [2.75, 3.05) is 14.2 Å². The van der Waals surface area contributed by atoms with Gasteiger partial charge >= 0.3 is 125 Å². The standard InChI is InChI=1S/C16H18O2Te.2BrH/c1-17-15-7-3-13(4-8-15)11-19-12-14-5-9-16(18-2)10-6-14;;/h3-10H,11-12H2,1-2H3;2*1H/q+1;;. The summed E-state index contributed by atoms with van der Waals surface area (Å²) in [6.45, 7) is 0. The van der Waals surface area contributed by atoms with Gasteiger partial charge in [0.25, 0.3) is 0 Å². The van der Waals surface area contributed by atoms with E-state index in [0.29, 0.717) is 0 Å². The number of rotatable bonds is 6. The predicted molar refractivity (Wildman–Crippen MR) is 99.8 cm³/mol. The van der Waals surface area contributed by atoms with Crippen LogP contribution in [0, 0.1) is 0 Å². The fourth-order valence-electron chi connectivity index (χ4n) is 1.73. The van der Waals surface area contributed by atoms with Crippen LogP contribution in [0.5, 0.6) is 11.5 Å². The Bertz CT molecular complexity index is 453. The van der Waals surface area contributed by atoms with Crippen molar-refractivity contribution in [3.05, 3.63) is 59.7 Å². The van der Waals surface area contributed by atoms with Crippen molar-refractivity contribution >= 4 is 54.9 Å². The summed E-state index contributed by atoms with van der Waals surface area (Å²) in [6, 6.07) is 16.8. The minimum absolute atomic E-state index is 0. The molecule has 2 nitrogen and oxygen atoms in total. The molecular weight excluding hydrogens is 512 g/mol. The molecule has 0 spiro atoms. The van der Waals surface area contributed by atoms with Crippen molar-refractivity contribution in [2.24, 2.45) is 0 Å². The van der Waals surface area contributed by atoms with Crippen LogP contribution in [0.2, 0.25) is 0 Å². The Morgan fingerprint density at radius 2 is 1.00 bits per heavy atom. The third-order valence-electron chi connectivity index (χ3n) is 2.86. The molecule has 0 bridgehead atoms. The molecule has 0 N–H and O–H groups in total. The van der Waals surface area contributed by atoms with E-state index in [4.69, 9.17) is 9.47 Å². The molecule has 0 amide bonds. The van der Waals surface area contributed by atoms with Crippen LogP contribution in [0.3, 0.4) is 0 Å². The van der Waals surface area contributed by atoms with Gasteiger partial charge in [0.05, 0.1) is 0 Å². The fourth-order valence-corrected chi connectivity index (χ4v) is 4.47. The quantitative estimate of drug-likeness (QED) is 0.519. The molecule has 0 aliphatic rings. The summed E-state index contributed by atoms with van der Waals surface area (Å²) >= 11 is -0.0237. The molecule has 21 heavy (non-hydrogen) atoms. The van der Waals surface area contributed by atoms with Gasteiger partial charge in [-0.05, 0) is 0 Å². The summed E-state index contributed by atoms with van der Waals surface area (Å²) < 4.78 is 12.8. The molecular formula is C16H20Br2O2Te+. The SMILES string of the molecule is Br.Br.COc1ccc(C[Te+]Cc2ccc(OC)cc2)cc1. The van der Waals surface area contributed by atoms with Crippen LogP contribution in [-0.2, 0) is 8.94 Å². The summed E-state index contributed by atoms with van der Waals surface area (Å²) in [5.74, 6) is 1.86. The molecule has 2 rings (SSSR count). The van der Waals surface area contributed by atoms with Crippen LogP contribution < -0.4 is 9.47 Å². The van der Waals surface area contributed by atoms with Gasteiger partial charge in [-0.1, -0.05) is 0 Å². The van der Waals surface area contributed by atoms with E-state index >= 15 is 0 Å². The summed E-state index contributed by atoms with van der Waals surface area (Å²) in [5.41, 5.74) is 2.83. The Labute approximate surface area is 157 Å². The fraction of sp³-hybridized carbons (Fsp3) is 0.250. The Kier molecular flexibility index (Phi) is 11.3. The van der Waals surface area contributed by atoms with Crippen LogP contribution in [0.25, 0.3) is 0 Å². The van der Waals surface area contributed by atoms with E-state index in [9.17, 15) is 0 Å². The van der Waals surface area contributed by atoms with Crippen molar-refractivity contribution in [2.45, 2.75) is 8.94 Å². The molecule has 0 aliphatic heterocycles. The van der Waals surface area contributed by atoms with E-state index in [1.54, 1.807) is 14.2 Å². The van der Waals surface area contributed by atoms with Gasteiger partial charge in [0.1, 0.15) is 0 Å². The molecule has 0 saturated carbocycles. The first-order valence-electron chi connectivity index (χ1n) is 6.15. The molecule has 0 fully saturated rings. The minimum atomic E-state index is -0.0237. The van der Waals surface area contributed by atoms with Crippen molar-refractivity contribution < 1.29 is 9.47 Å². The number of hydrogen-bond donors (Lipinski definition) is 0. The van der Waals surface area contributed by atoms with E-state index < -0.39 is 0 Å². The Hall–Kier alpha value is -0.210. The number of halogens is 2. The monoisotopic (exact) mass is 532 g/mol. The molecule has 0 atom stereocenters. The van der Waals surface area contributed by atoms with E-state index in [2.05, 4.69) is 24.3 Å². The zero-order chi connectivity index (χ0) is 13.5. The summed E-state index contributed by atoms with van der Waals surface area (Å²) in [6.07, 6.45) is 0. The van der Waals surface area contributed by atoms with Crippen LogP contribution in [0.15, 0.2) is 48.5 Å². The van der Waals surface area contributed by atoms with Crippen LogP contribution in [0.4, 0.5) is 0 Å². The zero-order valence-corrected chi connectivity index (χ0v) is 17.8. The third-order valence-corrected chi connectivity index (χ3v) is 5.92. The Morgan fingerprint density at radius 1 is 0.667 bits per heavy atom. The molecule has 2 aromatic carbocycles. The van der Waals surface area contributed by atoms with Gasteiger partial charge in [-0.2, -0.15) is 0 Å². The van der Waals surface area contributed by atoms with Gasteiger partial charge in [-0.3, -0.25) is 0 Å². The second-order valence-electron chi connectivity index (χ2n) is 4.19. The first kappa shape index (κ1) is 20.8. The average Bonchev–Trinajstić information content (AvgIpc) is 2.49. The summed E-state index contributed by atoms with van der Waals surface area (Å²) in [7, 11) is 3.40. The molecule has 0 aromatic heterocycles. The van der Waals surface area contributed by atoms with Gasteiger partial charge in [0.2, 0.25) is 0 Å². The van der Waals surface area contributed by atoms with Crippen LogP contribution in [0.1, 0.15) is 11.1 Å². The van der Waals surface area contributed by atoms with Gasteiger partial charge in [-0.25, -0.2) is 0 Å². The van der Waals surface area contributed by atoms with E-state index in [1.807, 2.05) is 24.3 Å². The number of ether oxygens (including phenoxy) is 2. The van der Waals surface area contributed by atoms with Gasteiger partial charge < -0.3 is 0 Å². The Balaban J connectivity index is 0.00000200. The van der Waals surface area contributed by atoms with Crippen molar-refractivity contribution in [1.29, 1.82) is 0 Å². The molecule has 5 heteroatoms. The van der Waals surface area contributed by atoms with Crippen LogP contribution in [-0.4, -0.2) is 35.1 Å². The number of benzene rings is 2. The molecule has 115 valence electrons.